The Kier molecular flexibility index (Phi) is 5.55. The fourth-order valence-electron chi connectivity index (χ4n) is 2.69. The van der Waals surface area contributed by atoms with Crippen LogP contribution in [0.15, 0.2) is 48.5 Å². The van der Waals surface area contributed by atoms with E-state index in [0.717, 1.165) is 50.6 Å². The van der Waals surface area contributed by atoms with E-state index in [0.29, 0.717) is 12.1 Å². The van der Waals surface area contributed by atoms with Gasteiger partial charge in [0.15, 0.2) is 0 Å². The van der Waals surface area contributed by atoms with Crippen molar-refractivity contribution in [3.63, 3.8) is 0 Å². The largest absolute Gasteiger partial charge is 0.466 e. The maximum absolute atomic E-state index is 13.1. The van der Waals surface area contributed by atoms with Crippen molar-refractivity contribution >= 4 is 5.97 Å². The number of esters is 1. The Morgan fingerprint density at radius 1 is 0.741 bits per heavy atom. The highest BCUT2D eigenvalue weighted by Gasteiger charge is 2.46. The molecule has 0 saturated heterocycles. The number of carbonyl (C=O) groups excluding carboxylic acids is 1. The first-order valence-electron chi connectivity index (χ1n) is 7.46. The van der Waals surface area contributed by atoms with Gasteiger partial charge in [-0.1, -0.05) is 24.3 Å². The van der Waals surface area contributed by atoms with Gasteiger partial charge in [0.05, 0.1) is 18.2 Å². The molecule has 0 heterocycles. The highest BCUT2D eigenvalue weighted by Crippen LogP contribution is 2.40. The first-order chi connectivity index (χ1) is 12.5. The van der Waals surface area contributed by atoms with Crippen LogP contribution in [0.1, 0.15) is 22.3 Å². The van der Waals surface area contributed by atoms with Gasteiger partial charge in [0.1, 0.15) is 0 Å². The number of hydrogen-bond acceptors (Lipinski definition) is 3. The molecule has 2 rings (SSSR count). The minimum atomic E-state index is -4.72. The molecular weight excluding hydrogens is 378 g/mol. The molecule has 0 amide bonds. The van der Waals surface area contributed by atoms with Crippen molar-refractivity contribution in [2.75, 3.05) is 14.2 Å². The maximum atomic E-state index is 13.1. The Bertz CT molecular complexity index is 769. The van der Waals surface area contributed by atoms with Crippen LogP contribution in [-0.4, -0.2) is 20.2 Å². The fourth-order valence-corrected chi connectivity index (χ4v) is 2.69. The molecule has 2 aromatic rings. The zero-order valence-electron chi connectivity index (χ0n) is 14.1. The third-order valence-corrected chi connectivity index (χ3v) is 3.97. The van der Waals surface area contributed by atoms with E-state index >= 15 is 0 Å². The van der Waals surface area contributed by atoms with Crippen molar-refractivity contribution in [1.82, 2.24) is 0 Å². The van der Waals surface area contributed by atoms with Crippen LogP contribution in [0.5, 0.6) is 0 Å². The monoisotopic (exact) mass is 392 g/mol. The highest BCUT2D eigenvalue weighted by molar-refractivity contribution is 5.86. The third kappa shape index (κ3) is 3.92. The Morgan fingerprint density at radius 3 is 1.41 bits per heavy atom. The minimum Gasteiger partial charge on any atom is -0.466 e. The van der Waals surface area contributed by atoms with Crippen molar-refractivity contribution in [3.8, 4) is 0 Å². The highest BCUT2D eigenvalue weighted by atomic mass is 19.4. The standard InChI is InChI=1S/C18H14F6O3/c1-26-15(25)16(27-2,11-5-3-7-13(9-11)17(19,20)21)12-6-4-8-14(10-12)18(22,23)24/h3-10H,1-2H3. The average molecular weight is 392 g/mol. The van der Waals surface area contributed by atoms with E-state index in [2.05, 4.69) is 4.74 Å². The summed E-state index contributed by atoms with van der Waals surface area (Å²) < 4.78 is 88.2. The molecular formula is C18H14F6O3. The summed E-state index contributed by atoms with van der Waals surface area (Å²) in [6, 6.07) is 7.18. The number of carbonyl (C=O) groups is 1. The lowest BCUT2D eigenvalue weighted by atomic mass is 9.84. The average Bonchev–Trinajstić information content (AvgIpc) is 2.61. The molecule has 0 radical (unpaired) electrons. The van der Waals surface area contributed by atoms with Crippen LogP contribution in [0, 0.1) is 0 Å². The summed E-state index contributed by atoms with van der Waals surface area (Å²) in [5.74, 6) is -1.16. The Hall–Kier alpha value is -2.55. The fraction of sp³-hybridized carbons (Fsp3) is 0.278. The second kappa shape index (κ2) is 7.22. The zero-order chi connectivity index (χ0) is 20.5. The molecule has 2 aromatic carbocycles. The summed E-state index contributed by atoms with van der Waals surface area (Å²) in [5, 5.41) is 0. The molecule has 0 bridgehead atoms. The van der Waals surface area contributed by atoms with Gasteiger partial charge in [-0.25, -0.2) is 4.79 Å². The van der Waals surface area contributed by atoms with Crippen molar-refractivity contribution < 1.29 is 40.6 Å². The summed E-state index contributed by atoms with van der Waals surface area (Å²) in [7, 11) is 1.95. The third-order valence-electron chi connectivity index (χ3n) is 3.97. The van der Waals surface area contributed by atoms with Gasteiger partial charge in [0, 0.05) is 18.2 Å². The number of rotatable bonds is 4. The number of halogens is 6. The van der Waals surface area contributed by atoms with Crippen LogP contribution in [0.2, 0.25) is 0 Å². The summed E-state index contributed by atoms with van der Waals surface area (Å²) in [6.45, 7) is 0. The quantitative estimate of drug-likeness (QED) is 0.555. The van der Waals surface area contributed by atoms with Crippen LogP contribution in [0.25, 0.3) is 0 Å². The van der Waals surface area contributed by atoms with Crippen molar-refractivity contribution in [2.45, 2.75) is 18.0 Å². The van der Waals surface area contributed by atoms with Crippen molar-refractivity contribution in [2.24, 2.45) is 0 Å². The van der Waals surface area contributed by atoms with Crippen LogP contribution in [0.3, 0.4) is 0 Å². The van der Waals surface area contributed by atoms with Gasteiger partial charge >= 0.3 is 18.3 Å². The Morgan fingerprint density at radius 2 is 1.11 bits per heavy atom. The van der Waals surface area contributed by atoms with E-state index in [1.54, 1.807) is 0 Å². The Balaban J connectivity index is 2.78. The molecule has 146 valence electrons. The second-order valence-corrected chi connectivity index (χ2v) is 5.53. The van der Waals surface area contributed by atoms with E-state index in [1.165, 1.54) is 0 Å². The van der Waals surface area contributed by atoms with Gasteiger partial charge < -0.3 is 9.47 Å². The summed E-state index contributed by atoms with van der Waals surface area (Å²) >= 11 is 0. The molecule has 27 heavy (non-hydrogen) atoms. The molecule has 0 unspecified atom stereocenters. The zero-order valence-corrected chi connectivity index (χ0v) is 14.1. The summed E-state index contributed by atoms with van der Waals surface area (Å²) in [5.41, 5.74) is -5.11. The molecule has 0 N–H and O–H groups in total. The van der Waals surface area contributed by atoms with Crippen LogP contribution in [0.4, 0.5) is 26.3 Å². The minimum absolute atomic E-state index is 0.314. The van der Waals surface area contributed by atoms with Crippen molar-refractivity contribution in [3.05, 3.63) is 70.8 Å². The van der Waals surface area contributed by atoms with E-state index < -0.39 is 35.0 Å². The lowest BCUT2D eigenvalue weighted by Gasteiger charge is -2.31. The van der Waals surface area contributed by atoms with E-state index in [9.17, 15) is 31.1 Å². The van der Waals surface area contributed by atoms with Gasteiger partial charge in [-0.2, -0.15) is 26.3 Å². The molecule has 0 aliphatic carbocycles. The molecule has 0 aliphatic heterocycles. The molecule has 0 saturated carbocycles. The van der Waals surface area contributed by atoms with Crippen LogP contribution in [-0.2, 0) is 32.2 Å². The van der Waals surface area contributed by atoms with Gasteiger partial charge in [0.2, 0.25) is 5.60 Å². The maximum Gasteiger partial charge on any atom is 0.416 e. The number of benzene rings is 2. The number of hydrogen-bond donors (Lipinski definition) is 0. The van der Waals surface area contributed by atoms with E-state index in [1.807, 2.05) is 0 Å². The lowest BCUT2D eigenvalue weighted by molar-refractivity contribution is -0.162. The van der Waals surface area contributed by atoms with E-state index in [4.69, 9.17) is 4.74 Å². The normalized spacial score (nSPS) is 12.7. The first kappa shape index (κ1) is 20.8. The van der Waals surface area contributed by atoms with Gasteiger partial charge in [-0.05, 0) is 24.3 Å². The molecule has 0 spiro atoms. The smallest absolute Gasteiger partial charge is 0.416 e. The molecule has 0 fully saturated rings. The number of alkyl halides is 6. The van der Waals surface area contributed by atoms with E-state index in [-0.39, 0.29) is 11.1 Å². The molecule has 9 heteroatoms. The predicted octanol–water partition coefficient (Wildman–Crippen LogP) is 4.79. The van der Waals surface area contributed by atoms with Gasteiger partial charge in [-0.3, -0.25) is 0 Å². The second-order valence-electron chi connectivity index (χ2n) is 5.53. The number of ether oxygens (including phenoxy) is 2. The molecule has 0 aliphatic rings. The lowest BCUT2D eigenvalue weighted by Crippen LogP contribution is -2.40. The predicted molar refractivity (Wildman–Crippen MR) is 82.7 cm³/mol. The summed E-state index contributed by atoms with van der Waals surface area (Å²) in [6.07, 6.45) is -9.45. The molecule has 3 nitrogen and oxygen atoms in total. The topological polar surface area (TPSA) is 35.5 Å². The van der Waals surface area contributed by atoms with Crippen molar-refractivity contribution in [1.29, 1.82) is 0 Å². The Labute approximate surface area is 150 Å². The summed E-state index contributed by atoms with van der Waals surface area (Å²) in [4.78, 5) is 12.5. The molecule has 0 atom stereocenters. The number of methoxy groups -OCH3 is 2. The molecule has 0 aromatic heterocycles. The SMILES string of the molecule is COC(=O)C(OC)(c1cccc(C(F)(F)F)c1)c1cccc(C(F)(F)F)c1. The van der Waals surface area contributed by atoms with Gasteiger partial charge in [-0.15, -0.1) is 0 Å². The van der Waals surface area contributed by atoms with Gasteiger partial charge in [0.25, 0.3) is 0 Å². The first-order valence-corrected chi connectivity index (χ1v) is 7.46. The van der Waals surface area contributed by atoms with Crippen LogP contribution < -0.4 is 0 Å². The van der Waals surface area contributed by atoms with Crippen LogP contribution >= 0.6 is 0 Å².